The molecule has 1 aliphatic rings. The first-order valence-electron chi connectivity index (χ1n) is 9.96. The predicted molar refractivity (Wildman–Crippen MR) is 129 cm³/mol. The summed E-state index contributed by atoms with van der Waals surface area (Å²) in [7, 11) is 0. The molecule has 4 nitrogen and oxygen atoms in total. The third kappa shape index (κ3) is 5.19. The van der Waals surface area contributed by atoms with Crippen molar-refractivity contribution in [1.29, 1.82) is 0 Å². The molecular weight excluding hydrogens is 547 g/mol. The smallest absolute Gasteiger partial charge is 0.269 e. The normalized spacial score (nSPS) is 14.7. The molecule has 1 unspecified atom stereocenters. The van der Waals surface area contributed by atoms with Gasteiger partial charge >= 0.3 is 6.18 Å². The van der Waals surface area contributed by atoms with Gasteiger partial charge in [-0.25, -0.2) is 0 Å². The van der Waals surface area contributed by atoms with Crippen LogP contribution in [-0.4, -0.2) is 27.9 Å². The average Bonchev–Trinajstić information content (AvgIpc) is 3.03. The van der Waals surface area contributed by atoms with Crippen LogP contribution in [0.25, 0.3) is 6.08 Å². The molecule has 2 heterocycles. The minimum atomic E-state index is -4.64. The molecule has 180 valence electrons. The number of nitrogens with zero attached hydrogens (tertiary/aromatic N) is 2. The van der Waals surface area contributed by atoms with Gasteiger partial charge in [-0.3, -0.25) is 19.5 Å². The minimum absolute atomic E-state index is 0.0355. The molecule has 1 atom stereocenters. The first-order valence-corrected chi connectivity index (χ1v) is 11.5. The highest BCUT2D eigenvalue weighted by molar-refractivity contribution is 6.48. The Morgan fingerprint density at radius 2 is 1.49 bits per heavy atom. The van der Waals surface area contributed by atoms with Crippen molar-refractivity contribution >= 4 is 64.3 Å². The van der Waals surface area contributed by atoms with Gasteiger partial charge in [0.05, 0.1) is 49.4 Å². The number of benzene rings is 2. The number of amides is 2. The number of hydrogen-bond donors (Lipinski definition) is 0. The van der Waals surface area contributed by atoms with E-state index in [4.69, 9.17) is 46.4 Å². The van der Waals surface area contributed by atoms with Gasteiger partial charge < -0.3 is 0 Å². The van der Waals surface area contributed by atoms with E-state index in [9.17, 15) is 22.8 Å². The summed E-state index contributed by atoms with van der Waals surface area (Å²) in [6.45, 7) is -0.178. The first-order chi connectivity index (χ1) is 16.5. The molecule has 35 heavy (non-hydrogen) atoms. The van der Waals surface area contributed by atoms with Gasteiger partial charge in [0.1, 0.15) is 0 Å². The Labute approximate surface area is 217 Å². The largest absolute Gasteiger partial charge is 0.399 e. The summed E-state index contributed by atoms with van der Waals surface area (Å²) in [4.78, 5) is 30.3. The van der Waals surface area contributed by atoms with Crippen molar-refractivity contribution in [3.05, 3.63) is 103 Å². The molecule has 0 saturated heterocycles. The van der Waals surface area contributed by atoms with Gasteiger partial charge in [-0.1, -0.05) is 70.7 Å². The zero-order chi connectivity index (χ0) is 25.5. The predicted octanol–water partition coefficient (Wildman–Crippen LogP) is 7.85. The van der Waals surface area contributed by atoms with Gasteiger partial charge in [0.15, 0.2) is 0 Å². The van der Waals surface area contributed by atoms with Gasteiger partial charge in [-0.05, 0) is 41.5 Å². The number of allylic oxidation sites excluding steroid dienone is 1. The first kappa shape index (κ1) is 25.5. The number of fused-ring (bicyclic) bond motifs is 1. The van der Waals surface area contributed by atoms with E-state index in [0.29, 0.717) is 0 Å². The van der Waals surface area contributed by atoms with Crippen molar-refractivity contribution in [3.8, 4) is 0 Å². The number of rotatable bonds is 5. The van der Waals surface area contributed by atoms with E-state index >= 15 is 0 Å². The minimum Gasteiger partial charge on any atom is -0.269 e. The topological polar surface area (TPSA) is 50.3 Å². The molecule has 0 saturated carbocycles. The zero-order valence-corrected chi connectivity index (χ0v) is 20.4. The second-order valence-corrected chi connectivity index (χ2v) is 9.22. The Kier molecular flexibility index (Phi) is 7.16. The van der Waals surface area contributed by atoms with Crippen LogP contribution < -0.4 is 0 Å². The van der Waals surface area contributed by atoms with E-state index in [1.54, 1.807) is 24.3 Å². The number of carbonyl (C=O) groups excluding carboxylic acids is 2. The molecule has 11 heteroatoms. The molecule has 0 spiro atoms. The molecule has 0 bridgehead atoms. The van der Waals surface area contributed by atoms with E-state index in [-0.39, 0.29) is 54.6 Å². The van der Waals surface area contributed by atoms with Crippen LogP contribution in [-0.2, 0) is 6.54 Å². The van der Waals surface area contributed by atoms with E-state index in [1.165, 1.54) is 18.3 Å². The van der Waals surface area contributed by atoms with Gasteiger partial charge in [-0.15, -0.1) is 0 Å². The zero-order valence-electron chi connectivity index (χ0n) is 17.4. The summed E-state index contributed by atoms with van der Waals surface area (Å²) in [6, 6.07) is 10.0. The van der Waals surface area contributed by atoms with Crippen LogP contribution in [0.4, 0.5) is 13.2 Å². The lowest BCUT2D eigenvalue weighted by atomic mass is 9.97. The average molecular weight is 560 g/mol. The fourth-order valence-corrected chi connectivity index (χ4v) is 4.44. The summed E-state index contributed by atoms with van der Waals surface area (Å²) in [5.41, 5.74) is 0.889. The second kappa shape index (κ2) is 9.82. The third-order valence-electron chi connectivity index (χ3n) is 5.32. The molecule has 2 amide bonds. The van der Waals surface area contributed by atoms with E-state index in [0.717, 1.165) is 23.1 Å². The molecular formula is C24H13Cl4F3N2O2. The van der Waals surface area contributed by atoms with Crippen LogP contribution >= 0.6 is 46.4 Å². The van der Waals surface area contributed by atoms with Gasteiger partial charge in [0.25, 0.3) is 11.8 Å². The Hall–Kier alpha value is -2.58. The molecule has 1 aromatic heterocycles. The number of imide groups is 1. The summed E-state index contributed by atoms with van der Waals surface area (Å²) >= 11 is 23.9. The molecule has 0 aliphatic carbocycles. The Morgan fingerprint density at radius 3 is 2.00 bits per heavy atom. The Morgan fingerprint density at radius 1 is 0.914 bits per heavy atom. The molecule has 3 aromatic rings. The van der Waals surface area contributed by atoms with Crippen molar-refractivity contribution < 1.29 is 22.8 Å². The Balaban J connectivity index is 1.57. The number of halogens is 7. The van der Waals surface area contributed by atoms with Crippen molar-refractivity contribution in [2.45, 2.75) is 18.6 Å². The quantitative estimate of drug-likeness (QED) is 0.236. The van der Waals surface area contributed by atoms with E-state index < -0.39 is 23.9 Å². The summed E-state index contributed by atoms with van der Waals surface area (Å²) in [5.74, 6) is -2.96. The van der Waals surface area contributed by atoms with E-state index in [1.807, 2.05) is 0 Å². The second-order valence-electron chi connectivity index (χ2n) is 7.62. The fraction of sp³-hybridized carbons (Fsp3) is 0.125. The SMILES string of the molecule is O=C1c2ccccc2C(=O)N1Cc1ncc(/C=C/C(c2cc(Cl)c(Cl)c(Cl)c2)C(F)(F)F)cc1Cl. The lowest BCUT2D eigenvalue weighted by molar-refractivity contribution is -0.139. The molecule has 0 radical (unpaired) electrons. The van der Waals surface area contributed by atoms with Crippen LogP contribution in [0.1, 0.15) is 43.5 Å². The van der Waals surface area contributed by atoms with Gasteiger partial charge in [0, 0.05) is 6.20 Å². The molecule has 0 fully saturated rings. The third-order valence-corrected chi connectivity index (χ3v) is 6.85. The van der Waals surface area contributed by atoms with Crippen LogP contribution in [0.3, 0.4) is 0 Å². The van der Waals surface area contributed by atoms with Crippen molar-refractivity contribution in [3.63, 3.8) is 0 Å². The molecule has 0 N–H and O–H groups in total. The lowest BCUT2D eigenvalue weighted by Crippen LogP contribution is -2.29. The van der Waals surface area contributed by atoms with Crippen molar-refractivity contribution in [1.82, 2.24) is 9.88 Å². The van der Waals surface area contributed by atoms with Crippen LogP contribution in [0, 0.1) is 0 Å². The maximum atomic E-state index is 13.7. The molecule has 1 aliphatic heterocycles. The molecule has 2 aromatic carbocycles. The van der Waals surface area contributed by atoms with Crippen LogP contribution in [0.2, 0.25) is 20.1 Å². The number of carbonyl (C=O) groups is 2. The van der Waals surface area contributed by atoms with Crippen molar-refractivity contribution in [2.24, 2.45) is 0 Å². The van der Waals surface area contributed by atoms with Gasteiger partial charge in [0.2, 0.25) is 0 Å². The van der Waals surface area contributed by atoms with Crippen LogP contribution in [0.15, 0.2) is 54.7 Å². The number of aromatic nitrogens is 1. The summed E-state index contributed by atoms with van der Waals surface area (Å²) in [5, 5.41) is -0.144. The van der Waals surface area contributed by atoms with Gasteiger partial charge in [-0.2, -0.15) is 13.2 Å². The molecule has 4 rings (SSSR count). The maximum absolute atomic E-state index is 13.7. The fourth-order valence-electron chi connectivity index (χ4n) is 3.59. The summed E-state index contributed by atoms with van der Waals surface area (Å²) < 4.78 is 41.2. The standard InChI is InChI=1S/C24H13Cl4F3N2O2/c25-17-7-12(5-6-16(24(29,30)31)13-8-18(26)21(28)19(27)9-13)10-32-20(17)11-33-22(34)14-3-1-2-4-15(14)23(33)35/h1-10,16H,11H2/b6-5+. The monoisotopic (exact) mass is 558 g/mol. The highest BCUT2D eigenvalue weighted by atomic mass is 35.5. The van der Waals surface area contributed by atoms with Crippen LogP contribution in [0.5, 0.6) is 0 Å². The number of hydrogen-bond acceptors (Lipinski definition) is 3. The van der Waals surface area contributed by atoms with E-state index in [2.05, 4.69) is 4.98 Å². The summed E-state index contributed by atoms with van der Waals surface area (Å²) in [6.07, 6.45) is -1.21. The highest BCUT2D eigenvalue weighted by Gasteiger charge is 2.39. The lowest BCUT2D eigenvalue weighted by Gasteiger charge is -2.18. The van der Waals surface area contributed by atoms with Crippen molar-refractivity contribution in [2.75, 3.05) is 0 Å². The Bertz CT molecular complexity index is 1320. The maximum Gasteiger partial charge on any atom is 0.399 e. The number of alkyl halides is 3. The number of pyridine rings is 1. The highest BCUT2D eigenvalue weighted by Crippen LogP contribution is 2.41.